The number of halogens is 1. The second kappa shape index (κ2) is 8.08. The highest BCUT2D eigenvalue weighted by molar-refractivity contribution is 7.03. The minimum atomic E-state index is -0.444. The van der Waals surface area contributed by atoms with E-state index < -0.39 is 5.92 Å². The Balaban J connectivity index is 1.44. The Labute approximate surface area is 171 Å². The molecule has 0 aliphatic carbocycles. The van der Waals surface area contributed by atoms with E-state index in [4.69, 9.17) is 0 Å². The molecule has 1 fully saturated rings. The molecule has 1 atom stereocenters. The fraction of sp³-hybridized carbons (Fsp3) is 0.238. The highest BCUT2D eigenvalue weighted by Gasteiger charge is 2.34. The van der Waals surface area contributed by atoms with Crippen LogP contribution in [0.4, 0.5) is 10.1 Å². The number of likely N-dealkylation sites (tertiary alicyclic amines) is 1. The SMILES string of the molecule is Cc1ccc(-c2csnn2)cc1NC(=O)[C@H]1CC(=O)N(Cc2cccc(F)c2)C1. The molecular formula is C21H19FN4O2S. The van der Waals surface area contributed by atoms with Gasteiger partial charge in [0.25, 0.3) is 0 Å². The van der Waals surface area contributed by atoms with Crippen LogP contribution in [0.25, 0.3) is 11.3 Å². The van der Waals surface area contributed by atoms with Gasteiger partial charge in [-0.1, -0.05) is 28.8 Å². The highest BCUT2D eigenvalue weighted by Crippen LogP contribution is 2.27. The van der Waals surface area contributed by atoms with E-state index in [1.807, 2.05) is 30.5 Å². The van der Waals surface area contributed by atoms with E-state index in [9.17, 15) is 14.0 Å². The van der Waals surface area contributed by atoms with Gasteiger partial charge in [0.1, 0.15) is 11.5 Å². The summed E-state index contributed by atoms with van der Waals surface area (Å²) in [4.78, 5) is 26.7. The first-order valence-corrected chi connectivity index (χ1v) is 10.0. The molecule has 1 aliphatic rings. The lowest BCUT2D eigenvalue weighted by Crippen LogP contribution is -2.28. The molecule has 1 aliphatic heterocycles. The Bertz CT molecular complexity index is 1050. The van der Waals surface area contributed by atoms with Crippen molar-refractivity contribution in [1.29, 1.82) is 0 Å². The van der Waals surface area contributed by atoms with Crippen LogP contribution >= 0.6 is 11.5 Å². The molecule has 29 heavy (non-hydrogen) atoms. The van der Waals surface area contributed by atoms with E-state index in [2.05, 4.69) is 14.9 Å². The number of nitrogens with one attached hydrogen (secondary N) is 1. The Morgan fingerprint density at radius 1 is 1.31 bits per heavy atom. The number of amides is 2. The van der Waals surface area contributed by atoms with Gasteiger partial charge in [-0.15, -0.1) is 5.10 Å². The molecule has 0 spiro atoms. The summed E-state index contributed by atoms with van der Waals surface area (Å²) < 4.78 is 17.3. The average Bonchev–Trinajstić information content (AvgIpc) is 3.34. The zero-order valence-corrected chi connectivity index (χ0v) is 16.6. The lowest BCUT2D eigenvalue weighted by molar-refractivity contribution is -0.128. The molecule has 0 unspecified atom stereocenters. The monoisotopic (exact) mass is 410 g/mol. The van der Waals surface area contributed by atoms with E-state index in [0.717, 1.165) is 16.8 Å². The van der Waals surface area contributed by atoms with Gasteiger partial charge in [-0.05, 0) is 47.8 Å². The van der Waals surface area contributed by atoms with Crippen molar-refractivity contribution in [2.45, 2.75) is 19.9 Å². The zero-order chi connectivity index (χ0) is 20.4. The summed E-state index contributed by atoms with van der Waals surface area (Å²) in [6, 6.07) is 11.9. The molecule has 0 bridgehead atoms. The van der Waals surface area contributed by atoms with Crippen LogP contribution in [0.2, 0.25) is 0 Å². The van der Waals surface area contributed by atoms with Gasteiger partial charge >= 0.3 is 0 Å². The van der Waals surface area contributed by atoms with E-state index >= 15 is 0 Å². The molecule has 4 rings (SSSR count). The van der Waals surface area contributed by atoms with Crippen LogP contribution in [0.5, 0.6) is 0 Å². The number of anilines is 1. The van der Waals surface area contributed by atoms with Gasteiger partial charge in [-0.3, -0.25) is 9.59 Å². The minimum Gasteiger partial charge on any atom is -0.338 e. The van der Waals surface area contributed by atoms with Gasteiger partial charge < -0.3 is 10.2 Å². The zero-order valence-electron chi connectivity index (χ0n) is 15.8. The number of carbonyl (C=O) groups is 2. The molecule has 1 saturated heterocycles. The van der Waals surface area contributed by atoms with Crippen LogP contribution in [0, 0.1) is 18.7 Å². The first-order chi connectivity index (χ1) is 14.0. The predicted molar refractivity (Wildman–Crippen MR) is 109 cm³/mol. The van der Waals surface area contributed by atoms with Gasteiger partial charge in [0.2, 0.25) is 11.8 Å². The molecule has 2 heterocycles. The summed E-state index contributed by atoms with van der Waals surface area (Å²) in [7, 11) is 0. The number of hydrogen-bond acceptors (Lipinski definition) is 5. The Morgan fingerprint density at radius 3 is 2.93 bits per heavy atom. The first kappa shape index (κ1) is 19.2. The summed E-state index contributed by atoms with van der Waals surface area (Å²) in [5, 5.41) is 8.85. The molecule has 8 heteroatoms. The van der Waals surface area contributed by atoms with Crippen LogP contribution in [0.1, 0.15) is 17.5 Å². The van der Waals surface area contributed by atoms with Crippen molar-refractivity contribution in [2.75, 3.05) is 11.9 Å². The van der Waals surface area contributed by atoms with Crippen LogP contribution < -0.4 is 5.32 Å². The van der Waals surface area contributed by atoms with E-state index in [1.165, 1.54) is 23.7 Å². The fourth-order valence-corrected chi connectivity index (χ4v) is 3.86. The Kier molecular flexibility index (Phi) is 5.35. The molecule has 148 valence electrons. The summed E-state index contributed by atoms with van der Waals surface area (Å²) >= 11 is 1.27. The largest absolute Gasteiger partial charge is 0.338 e. The van der Waals surface area contributed by atoms with Crippen molar-refractivity contribution < 1.29 is 14.0 Å². The topological polar surface area (TPSA) is 75.2 Å². The molecule has 2 amide bonds. The summed E-state index contributed by atoms with van der Waals surface area (Å²) in [5.41, 5.74) is 3.94. The van der Waals surface area contributed by atoms with Gasteiger partial charge in [0.05, 0.1) is 5.92 Å². The maximum atomic E-state index is 13.4. The Hall–Kier alpha value is -3.13. The van der Waals surface area contributed by atoms with Crippen LogP contribution in [0.15, 0.2) is 47.8 Å². The van der Waals surface area contributed by atoms with Crippen molar-refractivity contribution in [1.82, 2.24) is 14.5 Å². The third-order valence-corrected chi connectivity index (χ3v) is 5.50. The van der Waals surface area contributed by atoms with Crippen molar-refractivity contribution in [3.05, 3.63) is 64.8 Å². The lowest BCUT2D eigenvalue weighted by atomic mass is 10.1. The summed E-state index contributed by atoms with van der Waals surface area (Å²) in [5.74, 6) is -1.08. The average molecular weight is 410 g/mol. The molecule has 2 aromatic carbocycles. The predicted octanol–water partition coefficient (Wildman–Crippen LogP) is 3.64. The number of aromatic nitrogens is 2. The molecular weight excluding hydrogens is 391 g/mol. The highest BCUT2D eigenvalue weighted by atomic mass is 32.1. The molecule has 0 radical (unpaired) electrons. The maximum absolute atomic E-state index is 13.4. The molecule has 1 aromatic heterocycles. The maximum Gasteiger partial charge on any atom is 0.229 e. The van der Waals surface area contributed by atoms with Gasteiger partial charge in [0.15, 0.2) is 0 Å². The molecule has 1 N–H and O–H groups in total. The van der Waals surface area contributed by atoms with Crippen molar-refractivity contribution in [3.8, 4) is 11.3 Å². The van der Waals surface area contributed by atoms with Crippen molar-refractivity contribution in [2.24, 2.45) is 5.92 Å². The minimum absolute atomic E-state index is 0.103. The quantitative estimate of drug-likeness (QED) is 0.697. The van der Waals surface area contributed by atoms with Crippen molar-refractivity contribution >= 4 is 29.0 Å². The number of carbonyl (C=O) groups excluding carboxylic acids is 2. The first-order valence-electron chi connectivity index (χ1n) is 9.21. The molecule has 0 saturated carbocycles. The fourth-order valence-electron chi connectivity index (χ4n) is 3.40. The number of nitrogens with zero attached hydrogens (tertiary/aromatic N) is 3. The van der Waals surface area contributed by atoms with Gasteiger partial charge in [0, 0.05) is 36.1 Å². The third-order valence-electron chi connectivity index (χ3n) is 5.00. The second-order valence-corrected chi connectivity index (χ2v) is 7.72. The third kappa shape index (κ3) is 4.32. The normalized spacial score (nSPS) is 16.3. The summed E-state index contributed by atoms with van der Waals surface area (Å²) in [6.07, 6.45) is 0.149. The van der Waals surface area contributed by atoms with Crippen LogP contribution in [-0.4, -0.2) is 32.8 Å². The molecule has 6 nitrogen and oxygen atoms in total. The number of benzene rings is 2. The second-order valence-electron chi connectivity index (χ2n) is 7.11. The Morgan fingerprint density at radius 2 is 2.17 bits per heavy atom. The van der Waals surface area contributed by atoms with E-state index in [1.54, 1.807) is 17.0 Å². The lowest BCUT2D eigenvalue weighted by Gasteiger charge is -2.17. The number of aryl methyl sites for hydroxylation is 1. The van der Waals surface area contributed by atoms with Crippen LogP contribution in [-0.2, 0) is 16.1 Å². The summed E-state index contributed by atoms with van der Waals surface area (Å²) in [6.45, 7) is 2.52. The van der Waals surface area contributed by atoms with E-state index in [-0.39, 0.29) is 24.1 Å². The van der Waals surface area contributed by atoms with Gasteiger partial charge in [-0.2, -0.15) is 0 Å². The molecule has 3 aromatic rings. The number of hydrogen-bond donors (Lipinski definition) is 1. The van der Waals surface area contributed by atoms with Crippen molar-refractivity contribution in [3.63, 3.8) is 0 Å². The standard InChI is InChI=1S/C21H19FN4O2S/c1-13-5-6-15(19-12-29-25-24-19)8-18(13)23-21(28)16-9-20(27)26(11-16)10-14-3-2-4-17(22)7-14/h2-8,12,16H,9-11H2,1H3,(H,23,28)/t16-/m0/s1. The van der Waals surface area contributed by atoms with E-state index in [0.29, 0.717) is 24.3 Å². The van der Waals surface area contributed by atoms with Crippen LogP contribution in [0.3, 0.4) is 0 Å². The van der Waals surface area contributed by atoms with Gasteiger partial charge in [-0.25, -0.2) is 4.39 Å². The number of rotatable bonds is 5. The smallest absolute Gasteiger partial charge is 0.229 e.